The van der Waals surface area contributed by atoms with E-state index < -0.39 is 0 Å². The van der Waals surface area contributed by atoms with Gasteiger partial charge in [-0.2, -0.15) is 0 Å². The third-order valence-corrected chi connectivity index (χ3v) is 4.12. The lowest BCUT2D eigenvalue weighted by Gasteiger charge is -2.10. The number of halogens is 2. The second-order valence-electron chi connectivity index (χ2n) is 5.79. The molecule has 7 heteroatoms. The predicted molar refractivity (Wildman–Crippen MR) is 106 cm³/mol. The molecule has 0 atom stereocenters. The smallest absolute Gasteiger partial charge is 0.274 e. The summed E-state index contributed by atoms with van der Waals surface area (Å²) >= 11 is 12.0. The molecule has 0 bridgehead atoms. The molecule has 0 saturated carbocycles. The van der Waals surface area contributed by atoms with Gasteiger partial charge >= 0.3 is 0 Å². The lowest BCUT2D eigenvalue weighted by molar-refractivity contribution is 0.102. The van der Waals surface area contributed by atoms with Crippen LogP contribution in [0.2, 0.25) is 10.0 Å². The topological polar surface area (TPSA) is 66.9 Å². The highest BCUT2D eigenvalue weighted by Crippen LogP contribution is 2.26. The summed E-state index contributed by atoms with van der Waals surface area (Å²) in [5.41, 5.74) is 3.36. The van der Waals surface area contributed by atoms with Crippen molar-refractivity contribution in [2.24, 2.45) is 0 Å². The van der Waals surface area contributed by atoms with Crippen molar-refractivity contribution >= 4 is 46.4 Å². The zero-order valence-corrected chi connectivity index (χ0v) is 15.7. The van der Waals surface area contributed by atoms with Gasteiger partial charge in [0, 0.05) is 16.4 Å². The molecule has 0 saturated heterocycles. The number of rotatable bonds is 4. The molecule has 0 aliphatic heterocycles. The highest BCUT2D eigenvalue weighted by atomic mass is 35.5. The third-order valence-electron chi connectivity index (χ3n) is 3.57. The standard InChI is InChI=1S/C19H16Cl2N4O/c1-11-3-6-14(7-4-11)23-19-22-12(2)9-17(25-19)18(26)24-16-8-5-13(20)10-15(16)21/h3-10H,1-2H3,(H,24,26)(H,22,23,25). The van der Waals surface area contributed by atoms with Crippen molar-refractivity contribution in [3.63, 3.8) is 0 Å². The quantitative estimate of drug-likeness (QED) is 0.629. The van der Waals surface area contributed by atoms with E-state index in [1.54, 1.807) is 31.2 Å². The number of hydrogen-bond acceptors (Lipinski definition) is 4. The average Bonchev–Trinajstić information content (AvgIpc) is 2.59. The van der Waals surface area contributed by atoms with E-state index in [9.17, 15) is 4.79 Å². The van der Waals surface area contributed by atoms with Crippen molar-refractivity contribution in [3.8, 4) is 0 Å². The first-order chi connectivity index (χ1) is 12.4. The summed E-state index contributed by atoms with van der Waals surface area (Å²) in [6.45, 7) is 3.81. The molecule has 0 fully saturated rings. The Morgan fingerprint density at radius 3 is 2.38 bits per heavy atom. The molecule has 26 heavy (non-hydrogen) atoms. The molecule has 132 valence electrons. The van der Waals surface area contributed by atoms with E-state index in [1.165, 1.54) is 0 Å². The van der Waals surface area contributed by atoms with Gasteiger partial charge in [-0.25, -0.2) is 9.97 Å². The molecule has 0 radical (unpaired) electrons. The summed E-state index contributed by atoms with van der Waals surface area (Å²) in [4.78, 5) is 21.1. The van der Waals surface area contributed by atoms with Gasteiger partial charge in [0.05, 0.1) is 10.7 Å². The predicted octanol–water partition coefficient (Wildman–Crippen LogP) is 5.40. The minimum atomic E-state index is -0.383. The van der Waals surface area contributed by atoms with E-state index >= 15 is 0 Å². The first kappa shape index (κ1) is 18.2. The number of nitrogens with one attached hydrogen (secondary N) is 2. The summed E-state index contributed by atoms with van der Waals surface area (Å²) < 4.78 is 0. The van der Waals surface area contributed by atoms with Crippen molar-refractivity contribution < 1.29 is 4.79 Å². The molecule has 2 N–H and O–H groups in total. The fourth-order valence-corrected chi connectivity index (χ4v) is 2.74. The van der Waals surface area contributed by atoms with Gasteiger partial charge in [-0.05, 0) is 50.2 Å². The molecular weight excluding hydrogens is 371 g/mol. The Morgan fingerprint density at radius 2 is 1.69 bits per heavy atom. The first-order valence-corrected chi connectivity index (χ1v) is 8.62. The van der Waals surface area contributed by atoms with Crippen molar-refractivity contribution in [1.29, 1.82) is 0 Å². The fraction of sp³-hybridized carbons (Fsp3) is 0.105. The number of carbonyl (C=O) groups is 1. The lowest BCUT2D eigenvalue weighted by atomic mass is 10.2. The largest absolute Gasteiger partial charge is 0.324 e. The second-order valence-corrected chi connectivity index (χ2v) is 6.63. The van der Waals surface area contributed by atoms with Gasteiger partial charge in [-0.3, -0.25) is 4.79 Å². The van der Waals surface area contributed by atoms with Crippen LogP contribution in [0.25, 0.3) is 0 Å². The summed E-state index contributed by atoms with van der Waals surface area (Å²) in [5.74, 6) is -0.0344. The van der Waals surface area contributed by atoms with Gasteiger partial charge in [0.2, 0.25) is 5.95 Å². The first-order valence-electron chi connectivity index (χ1n) is 7.86. The maximum absolute atomic E-state index is 12.5. The van der Waals surface area contributed by atoms with Crippen LogP contribution in [-0.2, 0) is 0 Å². The van der Waals surface area contributed by atoms with Crippen LogP contribution >= 0.6 is 23.2 Å². The monoisotopic (exact) mass is 386 g/mol. The van der Waals surface area contributed by atoms with E-state index in [1.807, 2.05) is 31.2 Å². The molecule has 2 aromatic carbocycles. The minimum absolute atomic E-state index is 0.234. The normalized spacial score (nSPS) is 10.5. The highest BCUT2D eigenvalue weighted by molar-refractivity contribution is 6.36. The Labute approximate surface area is 161 Å². The number of nitrogens with zero attached hydrogens (tertiary/aromatic N) is 2. The Hall–Kier alpha value is -2.63. The number of carbonyl (C=O) groups excluding carboxylic acids is 1. The molecule has 0 aliphatic carbocycles. The maximum Gasteiger partial charge on any atom is 0.274 e. The molecule has 0 spiro atoms. The van der Waals surface area contributed by atoms with Crippen molar-refractivity contribution in [1.82, 2.24) is 9.97 Å². The van der Waals surface area contributed by atoms with E-state index in [4.69, 9.17) is 23.2 Å². The van der Waals surface area contributed by atoms with Crippen LogP contribution in [0.5, 0.6) is 0 Å². The van der Waals surface area contributed by atoms with Gasteiger partial charge in [-0.1, -0.05) is 40.9 Å². The molecule has 3 aromatic rings. The van der Waals surface area contributed by atoms with Crippen LogP contribution in [-0.4, -0.2) is 15.9 Å². The molecule has 0 unspecified atom stereocenters. The Kier molecular flexibility index (Phi) is 5.40. The van der Waals surface area contributed by atoms with Crippen molar-refractivity contribution in [2.45, 2.75) is 13.8 Å². The lowest BCUT2D eigenvalue weighted by Crippen LogP contribution is -2.15. The van der Waals surface area contributed by atoms with E-state index in [-0.39, 0.29) is 11.6 Å². The van der Waals surface area contributed by atoms with Crippen molar-refractivity contribution in [3.05, 3.63) is 75.5 Å². The summed E-state index contributed by atoms with van der Waals surface area (Å²) in [6, 6.07) is 14.3. The molecule has 1 aromatic heterocycles. The van der Waals surface area contributed by atoms with E-state index in [0.29, 0.717) is 27.4 Å². The Balaban J connectivity index is 1.82. The van der Waals surface area contributed by atoms with Crippen LogP contribution in [0.1, 0.15) is 21.7 Å². The molecule has 5 nitrogen and oxygen atoms in total. The fourth-order valence-electron chi connectivity index (χ4n) is 2.28. The second kappa shape index (κ2) is 7.72. The number of aryl methyl sites for hydroxylation is 2. The van der Waals surface area contributed by atoms with E-state index in [0.717, 1.165) is 11.3 Å². The zero-order chi connectivity index (χ0) is 18.7. The number of benzene rings is 2. The Bertz CT molecular complexity index is 958. The van der Waals surface area contributed by atoms with Crippen LogP contribution in [0.3, 0.4) is 0 Å². The summed E-state index contributed by atoms with van der Waals surface area (Å²) in [6.07, 6.45) is 0. The van der Waals surface area contributed by atoms with Gasteiger partial charge in [-0.15, -0.1) is 0 Å². The number of hydrogen-bond donors (Lipinski definition) is 2. The van der Waals surface area contributed by atoms with E-state index in [2.05, 4.69) is 20.6 Å². The highest BCUT2D eigenvalue weighted by Gasteiger charge is 2.13. The maximum atomic E-state index is 12.5. The number of amides is 1. The molecule has 1 heterocycles. The molecular formula is C19H16Cl2N4O. The van der Waals surface area contributed by atoms with Crippen LogP contribution in [0.15, 0.2) is 48.5 Å². The molecule has 3 rings (SSSR count). The van der Waals surface area contributed by atoms with Crippen LogP contribution in [0.4, 0.5) is 17.3 Å². The van der Waals surface area contributed by atoms with Gasteiger partial charge in [0.15, 0.2) is 0 Å². The number of aromatic nitrogens is 2. The minimum Gasteiger partial charge on any atom is -0.324 e. The molecule has 1 amide bonds. The summed E-state index contributed by atoms with van der Waals surface area (Å²) in [5, 5.41) is 6.69. The van der Waals surface area contributed by atoms with Gasteiger partial charge in [0.25, 0.3) is 5.91 Å². The van der Waals surface area contributed by atoms with Gasteiger partial charge < -0.3 is 10.6 Å². The zero-order valence-electron chi connectivity index (χ0n) is 14.2. The van der Waals surface area contributed by atoms with Gasteiger partial charge in [0.1, 0.15) is 5.69 Å². The van der Waals surface area contributed by atoms with Crippen LogP contribution in [0, 0.1) is 13.8 Å². The summed E-state index contributed by atoms with van der Waals surface area (Å²) in [7, 11) is 0. The third kappa shape index (κ3) is 4.50. The number of anilines is 3. The molecule has 0 aliphatic rings. The Morgan fingerprint density at radius 1 is 0.962 bits per heavy atom. The van der Waals surface area contributed by atoms with Crippen molar-refractivity contribution in [2.75, 3.05) is 10.6 Å². The SMILES string of the molecule is Cc1ccc(Nc2nc(C)cc(C(=O)Nc3ccc(Cl)cc3Cl)n2)cc1. The average molecular weight is 387 g/mol. The van der Waals surface area contributed by atoms with Crippen LogP contribution < -0.4 is 10.6 Å².